The average Bonchev–Trinajstić information content (AvgIpc) is 3.69. The Labute approximate surface area is 363 Å². The minimum Gasteiger partial charge on any atom is -0.306 e. The zero-order chi connectivity index (χ0) is 41.5. The first-order valence-electron chi connectivity index (χ1n) is 22.0. The zero-order valence-electron chi connectivity index (χ0n) is 35.4. The standard InChI is InChI=1S/C60H44N2/c1-59(2)46-28-14-12-26-43(46)55-48(59)35-34-40-45(36-49-56(57(40)55)44-27-13-15-29-47(44)60(49,3)4)54-38-22-8-10-24-41(38)58(42-25-11-9-23-39(42)54)62-52-32-18-16-30-50(52)61(37-20-6-5-7-21-37)51-31-17-19-33-53(51)62/h5-36H,1-4H3. The van der Waals surface area contributed by atoms with Crippen LogP contribution in [0.4, 0.5) is 34.1 Å². The SMILES string of the molecule is CC1(C)c2ccccc2-c2c1ccc1c(-c3c4ccccc4c(N4c5ccccc5N(c5ccccc5)c5ccccc54)c4ccccc34)cc3c(c21)-c1ccccc1C3(C)C. The van der Waals surface area contributed by atoms with E-state index in [-0.39, 0.29) is 10.8 Å². The van der Waals surface area contributed by atoms with E-state index in [4.69, 9.17) is 0 Å². The number of hydrogen-bond acceptors (Lipinski definition) is 2. The molecule has 0 aromatic heterocycles. The van der Waals surface area contributed by atoms with Crippen molar-refractivity contribution in [2.75, 3.05) is 9.80 Å². The van der Waals surface area contributed by atoms with Gasteiger partial charge in [-0.3, -0.25) is 0 Å². The van der Waals surface area contributed by atoms with Crippen molar-refractivity contribution < 1.29 is 0 Å². The second kappa shape index (κ2) is 12.6. The van der Waals surface area contributed by atoms with E-state index in [1.165, 1.54) is 93.6 Å². The van der Waals surface area contributed by atoms with Crippen LogP contribution >= 0.6 is 0 Å². The maximum absolute atomic E-state index is 2.58. The molecular formula is C60H44N2. The molecule has 0 fully saturated rings. The van der Waals surface area contributed by atoms with Crippen molar-refractivity contribution in [3.63, 3.8) is 0 Å². The molecule has 0 radical (unpaired) electrons. The van der Waals surface area contributed by atoms with Gasteiger partial charge >= 0.3 is 0 Å². The first kappa shape index (κ1) is 35.3. The van der Waals surface area contributed by atoms with E-state index >= 15 is 0 Å². The van der Waals surface area contributed by atoms with Gasteiger partial charge in [-0.05, 0) is 120 Å². The van der Waals surface area contributed by atoms with Gasteiger partial charge < -0.3 is 9.80 Å². The molecule has 62 heavy (non-hydrogen) atoms. The van der Waals surface area contributed by atoms with Crippen LogP contribution in [0.2, 0.25) is 0 Å². The molecule has 13 rings (SSSR count). The van der Waals surface area contributed by atoms with Crippen molar-refractivity contribution in [2.24, 2.45) is 0 Å². The molecule has 2 aliphatic carbocycles. The second-order valence-electron chi connectivity index (χ2n) is 18.4. The Kier molecular flexibility index (Phi) is 7.16. The Morgan fingerprint density at radius 1 is 0.306 bits per heavy atom. The summed E-state index contributed by atoms with van der Waals surface area (Å²) in [4.78, 5) is 4.94. The fourth-order valence-electron chi connectivity index (χ4n) is 11.8. The maximum Gasteiger partial charge on any atom is 0.0703 e. The molecule has 0 saturated heterocycles. The lowest BCUT2D eigenvalue weighted by atomic mass is 9.77. The van der Waals surface area contributed by atoms with Crippen LogP contribution in [0.1, 0.15) is 49.9 Å². The number of benzene rings is 10. The van der Waals surface area contributed by atoms with E-state index in [1.54, 1.807) is 0 Å². The lowest BCUT2D eigenvalue weighted by molar-refractivity contribution is 0.660. The van der Waals surface area contributed by atoms with Crippen molar-refractivity contribution in [3.05, 3.63) is 216 Å². The Morgan fingerprint density at radius 3 is 1.31 bits per heavy atom. The van der Waals surface area contributed by atoms with Crippen LogP contribution in [0.15, 0.2) is 194 Å². The molecule has 0 bridgehead atoms. The van der Waals surface area contributed by atoms with Crippen molar-refractivity contribution in [1.82, 2.24) is 0 Å². The highest BCUT2D eigenvalue weighted by molar-refractivity contribution is 6.27. The van der Waals surface area contributed by atoms with Gasteiger partial charge in [-0.15, -0.1) is 0 Å². The summed E-state index contributed by atoms with van der Waals surface area (Å²) in [5.74, 6) is 0. The topological polar surface area (TPSA) is 6.48 Å². The number of anilines is 6. The largest absolute Gasteiger partial charge is 0.306 e. The number of hydrogen-bond donors (Lipinski definition) is 0. The van der Waals surface area contributed by atoms with Gasteiger partial charge in [-0.25, -0.2) is 0 Å². The van der Waals surface area contributed by atoms with Gasteiger partial charge in [0.1, 0.15) is 0 Å². The maximum atomic E-state index is 2.58. The van der Waals surface area contributed by atoms with E-state index in [9.17, 15) is 0 Å². The monoisotopic (exact) mass is 792 g/mol. The lowest BCUT2D eigenvalue weighted by Crippen LogP contribution is -2.24. The van der Waals surface area contributed by atoms with E-state index in [2.05, 4.69) is 232 Å². The fraction of sp³-hybridized carbons (Fsp3) is 0.100. The minimum absolute atomic E-state index is 0.116. The van der Waals surface area contributed by atoms with Crippen molar-refractivity contribution in [1.29, 1.82) is 0 Å². The van der Waals surface area contributed by atoms with Gasteiger partial charge in [0, 0.05) is 27.3 Å². The molecule has 0 amide bonds. The average molecular weight is 793 g/mol. The molecule has 1 heterocycles. The zero-order valence-corrected chi connectivity index (χ0v) is 35.4. The molecule has 0 spiro atoms. The van der Waals surface area contributed by atoms with Crippen molar-refractivity contribution in [2.45, 2.75) is 38.5 Å². The summed E-state index contributed by atoms with van der Waals surface area (Å²) in [5.41, 5.74) is 20.3. The van der Waals surface area contributed by atoms with Gasteiger partial charge in [0.2, 0.25) is 0 Å². The van der Waals surface area contributed by atoms with E-state index in [0.29, 0.717) is 0 Å². The molecule has 0 unspecified atom stereocenters. The Morgan fingerprint density at radius 2 is 0.742 bits per heavy atom. The molecule has 0 atom stereocenters. The smallest absolute Gasteiger partial charge is 0.0703 e. The summed E-state index contributed by atoms with van der Waals surface area (Å²) < 4.78 is 0. The number of nitrogens with zero attached hydrogens (tertiary/aromatic N) is 2. The normalized spacial score (nSPS) is 15.0. The third kappa shape index (κ3) is 4.54. The van der Waals surface area contributed by atoms with Crippen LogP contribution in [0.5, 0.6) is 0 Å². The first-order valence-corrected chi connectivity index (χ1v) is 22.0. The van der Waals surface area contributed by atoms with Crippen molar-refractivity contribution in [3.8, 4) is 33.4 Å². The van der Waals surface area contributed by atoms with Gasteiger partial charge in [0.05, 0.1) is 28.4 Å². The predicted molar refractivity (Wildman–Crippen MR) is 262 cm³/mol. The van der Waals surface area contributed by atoms with Crippen LogP contribution < -0.4 is 9.80 Å². The fourth-order valence-corrected chi connectivity index (χ4v) is 11.8. The third-order valence-electron chi connectivity index (χ3n) is 14.5. The third-order valence-corrected chi connectivity index (χ3v) is 14.5. The molecule has 10 aromatic carbocycles. The molecule has 0 saturated carbocycles. The molecular weight excluding hydrogens is 749 g/mol. The van der Waals surface area contributed by atoms with Gasteiger partial charge in [0.15, 0.2) is 0 Å². The van der Waals surface area contributed by atoms with E-state index in [0.717, 1.165) is 28.4 Å². The van der Waals surface area contributed by atoms with Gasteiger partial charge in [-0.1, -0.05) is 179 Å². The molecule has 0 N–H and O–H groups in total. The Bertz CT molecular complexity index is 3420. The predicted octanol–water partition coefficient (Wildman–Crippen LogP) is 16.7. The highest BCUT2D eigenvalue weighted by atomic mass is 15.3. The molecule has 2 heteroatoms. The Balaban J connectivity index is 1.16. The Hall–Kier alpha value is -7.42. The van der Waals surface area contributed by atoms with E-state index < -0.39 is 0 Å². The molecule has 2 nitrogen and oxygen atoms in total. The highest BCUT2D eigenvalue weighted by Gasteiger charge is 2.42. The molecule has 3 aliphatic rings. The summed E-state index contributed by atoms with van der Waals surface area (Å²) in [6.07, 6.45) is 0. The minimum atomic E-state index is -0.192. The highest BCUT2D eigenvalue weighted by Crippen LogP contribution is 2.61. The van der Waals surface area contributed by atoms with Gasteiger partial charge in [-0.2, -0.15) is 0 Å². The van der Waals surface area contributed by atoms with Crippen LogP contribution in [0.25, 0.3) is 65.7 Å². The quantitative estimate of drug-likeness (QED) is 0.164. The summed E-state index contributed by atoms with van der Waals surface area (Å²) in [5, 5.41) is 7.63. The summed E-state index contributed by atoms with van der Waals surface area (Å²) in [6, 6.07) is 72.6. The summed E-state index contributed by atoms with van der Waals surface area (Å²) >= 11 is 0. The summed E-state index contributed by atoms with van der Waals surface area (Å²) in [6.45, 7) is 9.66. The van der Waals surface area contributed by atoms with Gasteiger partial charge in [0.25, 0.3) is 0 Å². The van der Waals surface area contributed by atoms with Crippen LogP contribution in [-0.4, -0.2) is 0 Å². The van der Waals surface area contributed by atoms with Crippen molar-refractivity contribution >= 4 is 66.4 Å². The number of rotatable bonds is 3. The van der Waals surface area contributed by atoms with Crippen LogP contribution in [0.3, 0.4) is 0 Å². The number of fused-ring (bicyclic) bond motifs is 13. The van der Waals surface area contributed by atoms with E-state index in [1.807, 2.05) is 0 Å². The number of para-hydroxylation sites is 5. The molecule has 294 valence electrons. The summed E-state index contributed by atoms with van der Waals surface area (Å²) in [7, 11) is 0. The van der Waals surface area contributed by atoms with Crippen LogP contribution in [0, 0.1) is 0 Å². The molecule has 1 aliphatic heterocycles. The molecule has 10 aromatic rings. The van der Waals surface area contributed by atoms with Crippen LogP contribution in [-0.2, 0) is 10.8 Å². The lowest BCUT2D eigenvalue weighted by Gasteiger charge is -2.41. The second-order valence-corrected chi connectivity index (χ2v) is 18.4. The first-order chi connectivity index (χ1) is 30.3.